The van der Waals surface area contributed by atoms with Gasteiger partial charge in [-0.3, -0.25) is 14.4 Å². The summed E-state index contributed by atoms with van der Waals surface area (Å²) in [7, 11) is 0. The van der Waals surface area contributed by atoms with Gasteiger partial charge in [-0.1, -0.05) is 23.7 Å². The molecule has 208 valence electrons. The molecule has 3 aromatic rings. The Balaban J connectivity index is 1.27. The van der Waals surface area contributed by atoms with Gasteiger partial charge in [-0.15, -0.1) is 0 Å². The van der Waals surface area contributed by atoms with Crippen molar-refractivity contribution >= 4 is 41.2 Å². The van der Waals surface area contributed by atoms with Gasteiger partial charge in [-0.25, -0.2) is 5.43 Å². The van der Waals surface area contributed by atoms with Crippen molar-refractivity contribution in [2.24, 2.45) is 5.10 Å². The second-order valence-corrected chi connectivity index (χ2v) is 8.92. The first kappa shape index (κ1) is 28.2. The zero-order valence-corrected chi connectivity index (χ0v) is 22.5. The Kier molecular flexibility index (Phi) is 9.42. The summed E-state index contributed by atoms with van der Waals surface area (Å²) >= 11 is 6.10. The molecule has 12 heteroatoms. The van der Waals surface area contributed by atoms with Crippen molar-refractivity contribution in [1.29, 1.82) is 0 Å². The molecule has 0 saturated heterocycles. The molecule has 0 fully saturated rings. The minimum atomic E-state index is -0.928. The summed E-state index contributed by atoms with van der Waals surface area (Å²) in [6.07, 6.45) is 1.35. The van der Waals surface area contributed by atoms with Gasteiger partial charge in [-0.05, 0) is 73.0 Å². The molecule has 0 aromatic heterocycles. The van der Waals surface area contributed by atoms with Crippen LogP contribution in [0.15, 0.2) is 59.7 Å². The number of aryl methyl sites for hydroxylation is 1. The number of fused-ring (bicyclic) bond motifs is 1. The van der Waals surface area contributed by atoms with E-state index in [1.54, 1.807) is 55.5 Å². The van der Waals surface area contributed by atoms with E-state index < -0.39 is 11.8 Å². The Morgan fingerprint density at radius 3 is 2.60 bits per heavy atom. The zero-order chi connectivity index (χ0) is 28.5. The lowest BCUT2D eigenvalue weighted by Crippen LogP contribution is -2.37. The maximum Gasteiger partial charge on any atom is 0.329 e. The number of hydrogen-bond acceptors (Lipinski definition) is 8. The highest BCUT2D eigenvalue weighted by molar-refractivity contribution is 6.35. The van der Waals surface area contributed by atoms with Gasteiger partial charge in [0.15, 0.2) is 29.6 Å². The number of ether oxygens (including phenoxy) is 4. The second-order valence-electron chi connectivity index (χ2n) is 8.51. The summed E-state index contributed by atoms with van der Waals surface area (Å²) in [4.78, 5) is 36.6. The lowest BCUT2D eigenvalue weighted by Gasteiger charge is -2.13. The molecule has 1 aliphatic rings. The van der Waals surface area contributed by atoms with E-state index >= 15 is 0 Å². The van der Waals surface area contributed by atoms with Crippen molar-refractivity contribution in [3.05, 3.63) is 76.3 Å². The number of hydrogen-bond donors (Lipinski definition) is 3. The molecule has 0 saturated carbocycles. The van der Waals surface area contributed by atoms with E-state index in [1.165, 1.54) is 6.21 Å². The van der Waals surface area contributed by atoms with Crippen molar-refractivity contribution in [3.8, 4) is 23.0 Å². The van der Waals surface area contributed by atoms with Crippen LogP contribution in [0.4, 0.5) is 5.69 Å². The first-order valence-electron chi connectivity index (χ1n) is 12.3. The minimum Gasteiger partial charge on any atom is -0.490 e. The number of carbonyl (C=O) groups is 3. The Labute approximate surface area is 235 Å². The monoisotopic (exact) mass is 566 g/mol. The van der Waals surface area contributed by atoms with Crippen LogP contribution in [0.5, 0.6) is 23.0 Å². The number of nitrogens with zero attached hydrogens (tertiary/aromatic N) is 1. The lowest BCUT2D eigenvalue weighted by atomic mass is 10.2. The van der Waals surface area contributed by atoms with E-state index in [1.807, 2.05) is 13.0 Å². The summed E-state index contributed by atoms with van der Waals surface area (Å²) < 4.78 is 21.8. The van der Waals surface area contributed by atoms with Gasteiger partial charge < -0.3 is 29.6 Å². The van der Waals surface area contributed by atoms with E-state index in [9.17, 15) is 14.4 Å². The predicted octanol–water partition coefficient (Wildman–Crippen LogP) is 3.56. The molecule has 0 bridgehead atoms. The quantitative estimate of drug-likeness (QED) is 0.194. The molecule has 40 heavy (non-hydrogen) atoms. The molecule has 0 radical (unpaired) electrons. The van der Waals surface area contributed by atoms with Gasteiger partial charge in [-0.2, -0.15) is 5.10 Å². The summed E-state index contributed by atoms with van der Waals surface area (Å²) in [5, 5.41) is 9.63. The molecule has 0 unspecified atom stereocenters. The molecule has 4 rings (SSSR count). The number of benzene rings is 3. The van der Waals surface area contributed by atoms with Crippen molar-refractivity contribution in [1.82, 2.24) is 10.7 Å². The third kappa shape index (κ3) is 7.64. The molecule has 11 nitrogen and oxygen atoms in total. The van der Waals surface area contributed by atoms with E-state index in [4.69, 9.17) is 30.5 Å². The molecule has 0 aliphatic carbocycles. The standard InChI is InChI=1S/C28H27ClN4O7/c1-3-37-24-11-19(6-8-22(24)38-15-26(34)32-20-7-4-17(2)21(29)12-20)14-31-33-28(36)27(35)30-13-18-5-9-23-25(10-18)40-16-39-23/h4-12,14H,3,13,15-16H2,1-2H3,(H,30,35)(H,32,34)(H,33,36)/b31-14-. The molecule has 3 N–H and O–H groups in total. The first-order valence-corrected chi connectivity index (χ1v) is 12.7. The van der Waals surface area contributed by atoms with E-state index in [0.717, 1.165) is 11.1 Å². The average Bonchev–Trinajstić information content (AvgIpc) is 3.41. The van der Waals surface area contributed by atoms with Crippen LogP contribution in [0.1, 0.15) is 23.6 Å². The molecule has 1 aliphatic heterocycles. The Bertz CT molecular complexity index is 1440. The molecular weight excluding hydrogens is 540 g/mol. The molecule has 0 atom stereocenters. The van der Waals surface area contributed by atoms with Crippen LogP contribution in [0.2, 0.25) is 5.02 Å². The first-order chi connectivity index (χ1) is 19.3. The van der Waals surface area contributed by atoms with Crippen molar-refractivity contribution in [2.45, 2.75) is 20.4 Å². The topological polar surface area (TPSA) is 137 Å². The average molecular weight is 567 g/mol. The Morgan fingerprint density at radius 1 is 0.975 bits per heavy atom. The van der Waals surface area contributed by atoms with Crippen LogP contribution in [-0.2, 0) is 20.9 Å². The summed E-state index contributed by atoms with van der Waals surface area (Å²) in [6, 6.07) is 15.4. The number of anilines is 1. The molecule has 1 heterocycles. The van der Waals surface area contributed by atoms with Crippen molar-refractivity contribution in [2.75, 3.05) is 25.3 Å². The van der Waals surface area contributed by atoms with E-state index in [0.29, 0.717) is 45.9 Å². The number of amides is 3. The number of rotatable bonds is 10. The van der Waals surface area contributed by atoms with Crippen LogP contribution < -0.4 is 35.0 Å². The highest BCUT2D eigenvalue weighted by Gasteiger charge is 2.16. The van der Waals surface area contributed by atoms with Crippen LogP contribution >= 0.6 is 11.6 Å². The highest BCUT2D eigenvalue weighted by Crippen LogP contribution is 2.32. The lowest BCUT2D eigenvalue weighted by molar-refractivity contribution is -0.139. The van der Waals surface area contributed by atoms with E-state index in [2.05, 4.69) is 21.2 Å². The third-order valence-electron chi connectivity index (χ3n) is 5.56. The zero-order valence-electron chi connectivity index (χ0n) is 21.8. The molecule has 3 aromatic carbocycles. The van der Waals surface area contributed by atoms with Crippen LogP contribution in [0.3, 0.4) is 0 Å². The van der Waals surface area contributed by atoms with E-state index in [-0.39, 0.29) is 25.9 Å². The summed E-state index contributed by atoms with van der Waals surface area (Å²) in [5.41, 5.74) is 4.96. The van der Waals surface area contributed by atoms with Crippen molar-refractivity contribution < 1.29 is 33.3 Å². The van der Waals surface area contributed by atoms with Crippen LogP contribution in [0.25, 0.3) is 0 Å². The highest BCUT2D eigenvalue weighted by atomic mass is 35.5. The Morgan fingerprint density at radius 2 is 1.80 bits per heavy atom. The van der Waals surface area contributed by atoms with Gasteiger partial charge in [0.05, 0.1) is 12.8 Å². The fraction of sp³-hybridized carbons (Fsp3) is 0.214. The second kappa shape index (κ2) is 13.3. The number of nitrogens with one attached hydrogen (secondary N) is 3. The predicted molar refractivity (Wildman–Crippen MR) is 148 cm³/mol. The molecule has 0 spiro atoms. The fourth-order valence-electron chi connectivity index (χ4n) is 3.53. The smallest absolute Gasteiger partial charge is 0.329 e. The third-order valence-corrected chi connectivity index (χ3v) is 5.97. The normalized spacial score (nSPS) is 11.7. The SMILES string of the molecule is CCOc1cc(/C=N\NC(=O)C(=O)NCc2ccc3c(c2)OCO3)ccc1OCC(=O)Nc1ccc(C)c(Cl)c1. The number of halogens is 1. The number of hydrazone groups is 1. The maximum atomic E-state index is 12.3. The number of carbonyl (C=O) groups excluding carboxylic acids is 3. The van der Waals surface area contributed by atoms with Gasteiger partial charge in [0, 0.05) is 17.3 Å². The van der Waals surface area contributed by atoms with Gasteiger partial charge in [0.25, 0.3) is 5.91 Å². The van der Waals surface area contributed by atoms with Crippen molar-refractivity contribution in [3.63, 3.8) is 0 Å². The Hall–Kier alpha value is -4.77. The van der Waals surface area contributed by atoms with Crippen LogP contribution in [0, 0.1) is 6.92 Å². The van der Waals surface area contributed by atoms with Gasteiger partial charge >= 0.3 is 11.8 Å². The summed E-state index contributed by atoms with van der Waals surface area (Å²) in [5.74, 6) is -0.202. The molecular formula is C28H27ClN4O7. The van der Waals surface area contributed by atoms with Gasteiger partial charge in [0.1, 0.15) is 0 Å². The summed E-state index contributed by atoms with van der Waals surface area (Å²) in [6.45, 7) is 4.05. The molecule has 3 amide bonds. The fourth-order valence-corrected chi connectivity index (χ4v) is 3.71. The van der Waals surface area contributed by atoms with Gasteiger partial charge in [0.2, 0.25) is 6.79 Å². The largest absolute Gasteiger partial charge is 0.490 e. The minimum absolute atomic E-state index is 0.128. The maximum absolute atomic E-state index is 12.3. The van der Waals surface area contributed by atoms with Crippen LogP contribution in [-0.4, -0.2) is 43.9 Å².